The number of esters is 1. The monoisotopic (exact) mass is 257 g/mol. The van der Waals surface area contributed by atoms with Crippen molar-refractivity contribution in [3.05, 3.63) is 59.9 Å². The summed E-state index contributed by atoms with van der Waals surface area (Å²) in [5, 5.41) is 9.89. The van der Waals surface area contributed by atoms with Gasteiger partial charge in [-0.3, -0.25) is 9.78 Å². The fourth-order valence-electron chi connectivity index (χ4n) is 1.91. The number of hydrogen-bond donors (Lipinski definition) is 1. The van der Waals surface area contributed by atoms with E-state index in [4.69, 9.17) is 4.74 Å². The van der Waals surface area contributed by atoms with Crippen molar-refractivity contribution >= 4 is 5.97 Å². The highest BCUT2D eigenvalue weighted by Gasteiger charge is 2.27. The molecule has 2 aromatic rings. The second-order valence-corrected chi connectivity index (χ2v) is 4.00. The van der Waals surface area contributed by atoms with Gasteiger partial charge in [0.05, 0.1) is 6.61 Å². The molecule has 1 aromatic carbocycles. The number of pyridine rings is 1. The Morgan fingerprint density at radius 1 is 1.26 bits per heavy atom. The van der Waals surface area contributed by atoms with Crippen molar-refractivity contribution in [2.75, 3.05) is 6.61 Å². The summed E-state index contributed by atoms with van der Waals surface area (Å²) in [7, 11) is 0. The molecule has 4 heteroatoms. The van der Waals surface area contributed by atoms with Gasteiger partial charge in [0.25, 0.3) is 0 Å². The third-order valence-corrected chi connectivity index (χ3v) is 2.74. The first-order chi connectivity index (χ1) is 9.24. The van der Waals surface area contributed by atoms with Gasteiger partial charge in [-0.15, -0.1) is 0 Å². The van der Waals surface area contributed by atoms with E-state index in [0.29, 0.717) is 5.69 Å². The van der Waals surface area contributed by atoms with Crippen LogP contribution in [0.15, 0.2) is 48.7 Å². The number of ether oxygens (including phenoxy) is 1. The standard InChI is InChI=1S/C15H15NO3/c1-2-19-15(18)13(11-7-4-3-5-8-11)14-12(17)9-6-10-16-14/h3-10,13,17H,2H2,1H3. The minimum absolute atomic E-state index is 0.00981. The van der Waals surface area contributed by atoms with Gasteiger partial charge < -0.3 is 9.84 Å². The van der Waals surface area contributed by atoms with E-state index in [0.717, 1.165) is 5.56 Å². The van der Waals surface area contributed by atoms with Crippen molar-refractivity contribution in [2.45, 2.75) is 12.8 Å². The van der Waals surface area contributed by atoms with Crippen LogP contribution in [-0.2, 0) is 9.53 Å². The van der Waals surface area contributed by atoms with Gasteiger partial charge in [-0.05, 0) is 24.6 Å². The van der Waals surface area contributed by atoms with Gasteiger partial charge in [-0.1, -0.05) is 30.3 Å². The average molecular weight is 257 g/mol. The van der Waals surface area contributed by atoms with Crippen LogP contribution in [0.4, 0.5) is 0 Å². The summed E-state index contributed by atoms with van der Waals surface area (Å²) < 4.78 is 5.08. The van der Waals surface area contributed by atoms with E-state index >= 15 is 0 Å². The quantitative estimate of drug-likeness (QED) is 0.855. The van der Waals surface area contributed by atoms with Crippen LogP contribution in [0.25, 0.3) is 0 Å². The van der Waals surface area contributed by atoms with Crippen LogP contribution in [0.2, 0.25) is 0 Å². The molecule has 1 heterocycles. The predicted molar refractivity (Wildman–Crippen MR) is 70.8 cm³/mol. The Hall–Kier alpha value is -2.36. The Balaban J connectivity index is 2.46. The maximum Gasteiger partial charge on any atom is 0.319 e. The van der Waals surface area contributed by atoms with Crippen molar-refractivity contribution in [2.24, 2.45) is 0 Å². The van der Waals surface area contributed by atoms with Crippen molar-refractivity contribution in [1.82, 2.24) is 4.98 Å². The van der Waals surface area contributed by atoms with Crippen LogP contribution in [0.5, 0.6) is 5.75 Å². The molecule has 19 heavy (non-hydrogen) atoms. The number of benzene rings is 1. The van der Waals surface area contributed by atoms with Crippen LogP contribution in [0.3, 0.4) is 0 Å². The fourth-order valence-corrected chi connectivity index (χ4v) is 1.91. The van der Waals surface area contributed by atoms with Crippen molar-refractivity contribution in [3.63, 3.8) is 0 Å². The SMILES string of the molecule is CCOC(=O)C(c1ccccc1)c1ncccc1O. The fraction of sp³-hybridized carbons (Fsp3) is 0.200. The van der Waals surface area contributed by atoms with Crippen LogP contribution in [0.1, 0.15) is 24.1 Å². The molecule has 0 saturated carbocycles. The summed E-state index contributed by atoms with van der Waals surface area (Å²) in [6.45, 7) is 2.04. The molecule has 1 N–H and O–H groups in total. The van der Waals surface area contributed by atoms with Gasteiger partial charge >= 0.3 is 5.97 Å². The minimum Gasteiger partial charge on any atom is -0.506 e. The number of rotatable bonds is 4. The topological polar surface area (TPSA) is 59.4 Å². The van der Waals surface area contributed by atoms with Crippen LogP contribution >= 0.6 is 0 Å². The van der Waals surface area contributed by atoms with E-state index in [1.807, 2.05) is 30.3 Å². The van der Waals surface area contributed by atoms with Crippen LogP contribution in [-0.4, -0.2) is 22.7 Å². The Labute approximate surface area is 111 Å². The van der Waals surface area contributed by atoms with Crippen molar-refractivity contribution < 1.29 is 14.6 Å². The van der Waals surface area contributed by atoms with E-state index in [1.165, 1.54) is 6.07 Å². The number of nitrogens with zero attached hydrogens (tertiary/aromatic N) is 1. The summed E-state index contributed by atoms with van der Waals surface area (Å²) in [6, 6.07) is 12.3. The zero-order valence-electron chi connectivity index (χ0n) is 10.6. The molecule has 0 spiro atoms. The molecule has 1 unspecified atom stereocenters. The second-order valence-electron chi connectivity index (χ2n) is 4.00. The zero-order valence-corrected chi connectivity index (χ0v) is 10.6. The molecule has 0 aliphatic heterocycles. The summed E-state index contributed by atoms with van der Waals surface area (Å²) in [4.78, 5) is 16.2. The molecule has 0 fully saturated rings. The molecule has 0 bridgehead atoms. The predicted octanol–water partition coefficient (Wildman–Crippen LogP) is 2.48. The normalized spacial score (nSPS) is 11.8. The first-order valence-electron chi connectivity index (χ1n) is 6.09. The number of carbonyl (C=O) groups excluding carboxylic acids is 1. The molecule has 2 rings (SSSR count). The molecule has 98 valence electrons. The number of aromatic nitrogens is 1. The minimum atomic E-state index is -0.706. The van der Waals surface area contributed by atoms with Gasteiger partial charge in [0.15, 0.2) is 0 Å². The summed E-state index contributed by atoms with van der Waals surface area (Å²) in [6.07, 6.45) is 1.55. The zero-order chi connectivity index (χ0) is 13.7. The maximum atomic E-state index is 12.1. The molecule has 4 nitrogen and oxygen atoms in total. The highest BCUT2D eigenvalue weighted by atomic mass is 16.5. The molecule has 0 aliphatic rings. The highest BCUT2D eigenvalue weighted by molar-refractivity contribution is 5.82. The maximum absolute atomic E-state index is 12.1. The Bertz CT molecular complexity index is 554. The van der Waals surface area contributed by atoms with E-state index in [1.54, 1.807) is 19.2 Å². The lowest BCUT2D eigenvalue weighted by atomic mass is 9.94. The smallest absolute Gasteiger partial charge is 0.319 e. The summed E-state index contributed by atoms with van der Waals surface area (Å²) in [5.41, 5.74) is 1.06. The van der Waals surface area contributed by atoms with Gasteiger partial charge in [-0.25, -0.2) is 0 Å². The number of hydrogen-bond acceptors (Lipinski definition) is 4. The Kier molecular flexibility index (Phi) is 4.13. The largest absolute Gasteiger partial charge is 0.506 e. The lowest BCUT2D eigenvalue weighted by molar-refractivity contribution is -0.144. The molecule has 0 aliphatic carbocycles. The van der Waals surface area contributed by atoms with Crippen LogP contribution < -0.4 is 0 Å². The number of carbonyl (C=O) groups is 1. The molecule has 0 amide bonds. The first kappa shape index (κ1) is 13.1. The van der Waals surface area contributed by atoms with Gasteiger partial charge in [0.2, 0.25) is 0 Å². The van der Waals surface area contributed by atoms with E-state index in [-0.39, 0.29) is 12.4 Å². The lowest BCUT2D eigenvalue weighted by Gasteiger charge is -2.16. The molecule has 1 aromatic heterocycles. The summed E-state index contributed by atoms with van der Waals surface area (Å²) >= 11 is 0. The third kappa shape index (κ3) is 2.91. The molecule has 0 saturated heterocycles. The lowest BCUT2D eigenvalue weighted by Crippen LogP contribution is -2.18. The Morgan fingerprint density at radius 3 is 2.63 bits per heavy atom. The van der Waals surface area contributed by atoms with Crippen molar-refractivity contribution in [1.29, 1.82) is 0 Å². The van der Waals surface area contributed by atoms with Gasteiger partial charge in [0.1, 0.15) is 17.4 Å². The first-order valence-corrected chi connectivity index (χ1v) is 6.09. The van der Waals surface area contributed by atoms with E-state index < -0.39 is 11.9 Å². The van der Waals surface area contributed by atoms with Crippen LogP contribution in [0, 0.1) is 0 Å². The van der Waals surface area contributed by atoms with Crippen molar-refractivity contribution in [3.8, 4) is 5.75 Å². The highest BCUT2D eigenvalue weighted by Crippen LogP contribution is 2.30. The molecular weight excluding hydrogens is 242 g/mol. The second kappa shape index (κ2) is 6.00. The third-order valence-electron chi connectivity index (χ3n) is 2.74. The number of aromatic hydroxyl groups is 1. The van der Waals surface area contributed by atoms with E-state index in [9.17, 15) is 9.90 Å². The van der Waals surface area contributed by atoms with E-state index in [2.05, 4.69) is 4.98 Å². The Morgan fingerprint density at radius 2 is 2.00 bits per heavy atom. The van der Waals surface area contributed by atoms with Gasteiger partial charge in [-0.2, -0.15) is 0 Å². The molecule has 1 atom stereocenters. The summed E-state index contributed by atoms with van der Waals surface area (Å²) in [5.74, 6) is -1.13. The molecule has 0 radical (unpaired) electrons. The average Bonchev–Trinajstić information content (AvgIpc) is 2.43. The molecular formula is C15H15NO3. The van der Waals surface area contributed by atoms with Gasteiger partial charge in [0, 0.05) is 6.20 Å².